The van der Waals surface area contributed by atoms with Gasteiger partial charge < -0.3 is 5.32 Å². The fraction of sp³-hybridized carbons (Fsp3) is 0.273. The Morgan fingerprint density at radius 2 is 2.53 bits per heavy atom. The second-order valence-electron chi connectivity index (χ2n) is 3.70. The molecule has 0 saturated carbocycles. The lowest BCUT2D eigenvalue weighted by molar-refractivity contribution is 0.0939. The van der Waals surface area contributed by atoms with Gasteiger partial charge in [0.15, 0.2) is 0 Å². The van der Waals surface area contributed by atoms with Crippen molar-refractivity contribution in [3.8, 4) is 0 Å². The number of thiophene rings is 1. The fourth-order valence-electron chi connectivity index (χ4n) is 1.48. The van der Waals surface area contributed by atoms with Gasteiger partial charge in [0.05, 0.1) is 6.54 Å². The molecule has 0 bridgehead atoms. The van der Waals surface area contributed by atoms with E-state index in [2.05, 4.69) is 26.3 Å². The number of hydrogen-bond acceptors (Lipinski definition) is 3. The smallest absolute Gasteiger partial charge is 0.262 e. The molecule has 90 valence electrons. The van der Waals surface area contributed by atoms with Gasteiger partial charge in [0.25, 0.3) is 5.91 Å². The molecule has 0 saturated heterocycles. The van der Waals surface area contributed by atoms with Gasteiger partial charge in [-0.1, -0.05) is 0 Å². The maximum absolute atomic E-state index is 11.9. The van der Waals surface area contributed by atoms with Gasteiger partial charge in [-0.15, -0.1) is 11.3 Å². The van der Waals surface area contributed by atoms with E-state index in [4.69, 9.17) is 0 Å². The third kappa shape index (κ3) is 3.17. The molecule has 1 amide bonds. The number of nitrogens with zero attached hydrogens (tertiary/aromatic N) is 2. The van der Waals surface area contributed by atoms with Crippen molar-refractivity contribution >= 4 is 33.2 Å². The number of amides is 1. The van der Waals surface area contributed by atoms with Gasteiger partial charge >= 0.3 is 0 Å². The van der Waals surface area contributed by atoms with Gasteiger partial charge in [0.2, 0.25) is 0 Å². The van der Waals surface area contributed by atoms with Crippen molar-refractivity contribution in [3.63, 3.8) is 0 Å². The topological polar surface area (TPSA) is 46.9 Å². The summed E-state index contributed by atoms with van der Waals surface area (Å²) in [5.41, 5.74) is 0. The minimum absolute atomic E-state index is 0.0383. The highest BCUT2D eigenvalue weighted by molar-refractivity contribution is 9.10. The molecule has 4 nitrogen and oxygen atoms in total. The van der Waals surface area contributed by atoms with Crippen molar-refractivity contribution in [3.05, 3.63) is 39.3 Å². The van der Waals surface area contributed by atoms with Gasteiger partial charge in [0.1, 0.15) is 4.88 Å². The number of rotatable bonds is 4. The van der Waals surface area contributed by atoms with Crippen molar-refractivity contribution in [2.24, 2.45) is 0 Å². The van der Waals surface area contributed by atoms with Crippen molar-refractivity contribution in [2.45, 2.75) is 19.5 Å². The molecule has 0 aliphatic carbocycles. The zero-order chi connectivity index (χ0) is 12.3. The van der Waals surface area contributed by atoms with E-state index in [-0.39, 0.29) is 11.9 Å². The van der Waals surface area contributed by atoms with Crippen LogP contribution in [0.3, 0.4) is 0 Å². The van der Waals surface area contributed by atoms with E-state index in [0.29, 0.717) is 11.4 Å². The number of carbonyl (C=O) groups excluding carboxylic acids is 1. The SMILES string of the molecule is C[C@@H](Cn1cccn1)NC(=O)c1sccc1Br. The van der Waals surface area contributed by atoms with E-state index in [0.717, 1.165) is 4.47 Å². The average molecular weight is 314 g/mol. The Morgan fingerprint density at radius 1 is 1.71 bits per heavy atom. The summed E-state index contributed by atoms with van der Waals surface area (Å²) < 4.78 is 2.64. The summed E-state index contributed by atoms with van der Waals surface area (Å²) in [5.74, 6) is -0.0495. The van der Waals surface area contributed by atoms with E-state index >= 15 is 0 Å². The number of aromatic nitrogens is 2. The third-order valence-electron chi connectivity index (χ3n) is 2.22. The molecule has 0 fully saturated rings. The summed E-state index contributed by atoms with van der Waals surface area (Å²) >= 11 is 4.78. The highest BCUT2D eigenvalue weighted by atomic mass is 79.9. The molecule has 0 aliphatic heterocycles. The first-order chi connectivity index (χ1) is 8.16. The van der Waals surface area contributed by atoms with E-state index in [9.17, 15) is 4.79 Å². The standard InChI is InChI=1S/C11H12BrN3OS/c1-8(7-15-5-2-4-13-15)14-11(16)10-9(12)3-6-17-10/h2-6,8H,7H2,1H3,(H,14,16)/t8-/m0/s1. The Balaban J connectivity index is 1.93. The molecule has 17 heavy (non-hydrogen) atoms. The zero-order valence-corrected chi connectivity index (χ0v) is 11.7. The molecule has 0 spiro atoms. The monoisotopic (exact) mass is 313 g/mol. The van der Waals surface area contributed by atoms with E-state index in [1.165, 1.54) is 11.3 Å². The minimum Gasteiger partial charge on any atom is -0.347 e. The average Bonchev–Trinajstić information content (AvgIpc) is 2.88. The third-order valence-corrected chi connectivity index (χ3v) is 4.06. The van der Waals surface area contributed by atoms with Gasteiger partial charge in [-0.25, -0.2) is 0 Å². The van der Waals surface area contributed by atoms with Gasteiger partial charge in [-0.2, -0.15) is 5.10 Å². The van der Waals surface area contributed by atoms with Crippen LogP contribution in [0.5, 0.6) is 0 Å². The van der Waals surface area contributed by atoms with Crippen LogP contribution in [0.15, 0.2) is 34.4 Å². The first-order valence-electron chi connectivity index (χ1n) is 5.18. The molecular weight excluding hydrogens is 302 g/mol. The largest absolute Gasteiger partial charge is 0.347 e. The molecule has 0 radical (unpaired) electrons. The molecule has 6 heteroatoms. The molecule has 2 aromatic rings. The van der Waals surface area contributed by atoms with Crippen LogP contribution in [-0.4, -0.2) is 21.7 Å². The maximum Gasteiger partial charge on any atom is 0.262 e. The van der Waals surface area contributed by atoms with Crippen LogP contribution >= 0.6 is 27.3 Å². The van der Waals surface area contributed by atoms with E-state index in [1.54, 1.807) is 10.9 Å². The number of halogens is 1. The molecule has 2 aromatic heterocycles. The van der Waals surface area contributed by atoms with Crippen molar-refractivity contribution < 1.29 is 4.79 Å². The second-order valence-corrected chi connectivity index (χ2v) is 5.47. The van der Waals surface area contributed by atoms with Crippen LogP contribution in [0.25, 0.3) is 0 Å². The lowest BCUT2D eigenvalue weighted by Gasteiger charge is -2.13. The predicted octanol–water partition coefficient (Wildman–Crippen LogP) is 2.53. The lowest BCUT2D eigenvalue weighted by Crippen LogP contribution is -2.35. The highest BCUT2D eigenvalue weighted by Crippen LogP contribution is 2.22. The number of nitrogens with one attached hydrogen (secondary N) is 1. The van der Waals surface area contributed by atoms with Crippen LogP contribution < -0.4 is 5.32 Å². The maximum atomic E-state index is 11.9. The Bertz CT molecular complexity index is 495. The molecule has 2 rings (SSSR count). The Morgan fingerprint density at radius 3 is 3.12 bits per heavy atom. The molecule has 0 aliphatic rings. The lowest BCUT2D eigenvalue weighted by atomic mass is 10.3. The molecule has 2 heterocycles. The molecule has 0 unspecified atom stereocenters. The normalized spacial score (nSPS) is 12.4. The van der Waals surface area contributed by atoms with Crippen LogP contribution in [0, 0.1) is 0 Å². The number of carbonyl (C=O) groups is 1. The van der Waals surface area contributed by atoms with Gasteiger partial charge in [-0.3, -0.25) is 9.48 Å². The number of hydrogen-bond donors (Lipinski definition) is 1. The minimum atomic E-state index is -0.0495. The van der Waals surface area contributed by atoms with E-state index < -0.39 is 0 Å². The highest BCUT2D eigenvalue weighted by Gasteiger charge is 2.14. The summed E-state index contributed by atoms with van der Waals surface area (Å²) in [5, 5.41) is 8.93. The quantitative estimate of drug-likeness (QED) is 0.943. The molecule has 1 N–H and O–H groups in total. The summed E-state index contributed by atoms with van der Waals surface area (Å²) in [6, 6.07) is 3.78. The van der Waals surface area contributed by atoms with Crippen molar-refractivity contribution in [1.82, 2.24) is 15.1 Å². The summed E-state index contributed by atoms with van der Waals surface area (Å²) in [6.07, 6.45) is 3.61. The van der Waals surface area contributed by atoms with Crippen LogP contribution in [0.2, 0.25) is 0 Å². The first kappa shape index (κ1) is 12.3. The summed E-state index contributed by atoms with van der Waals surface area (Å²) in [4.78, 5) is 12.6. The van der Waals surface area contributed by atoms with Crippen LogP contribution in [0.4, 0.5) is 0 Å². The molecule has 0 aromatic carbocycles. The van der Waals surface area contributed by atoms with Crippen LogP contribution in [0.1, 0.15) is 16.6 Å². The fourth-order valence-corrected chi connectivity index (χ4v) is 2.93. The summed E-state index contributed by atoms with van der Waals surface area (Å²) in [6.45, 7) is 2.63. The summed E-state index contributed by atoms with van der Waals surface area (Å²) in [7, 11) is 0. The van der Waals surface area contributed by atoms with Crippen LogP contribution in [-0.2, 0) is 6.54 Å². The van der Waals surface area contributed by atoms with E-state index in [1.807, 2.05) is 30.6 Å². The zero-order valence-electron chi connectivity index (χ0n) is 9.26. The Labute approximate surface area is 112 Å². The Hall–Kier alpha value is -1.14. The van der Waals surface area contributed by atoms with Crippen molar-refractivity contribution in [1.29, 1.82) is 0 Å². The first-order valence-corrected chi connectivity index (χ1v) is 6.85. The van der Waals surface area contributed by atoms with Crippen molar-refractivity contribution in [2.75, 3.05) is 0 Å². The predicted molar refractivity (Wildman–Crippen MR) is 71.2 cm³/mol. The van der Waals surface area contributed by atoms with Gasteiger partial charge in [0, 0.05) is 22.9 Å². The Kier molecular flexibility index (Phi) is 3.96. The second kappa shape index (κ2) is 5.46. The van der Waals surface area contributed by atoms with Gasteiger partial charge in [-0.05, 0) is 40.4 Å². The molecular formula is C11H12BrN3OS. The molecule has 1 atom stereocenters.